The molecular weight excluding hydrogens is 504 g/mol. The second kappa shape index (κ2) is 10.4. The highest BCUT2D eigenvalue weighted by Crippen LogP contribution is 2.35. The molecule has 4 aromatic rings. The van der Waals surface area contributed by atoms with Gasteiger partial charge < -0.3 is 16.2 Å². The lowest BCUT2D eigenvalue weighted by atomic mass is 9.95. The number of amides is 1. The van der Waals surface area contributed by atoms with E-state index in [0.29, 0.717) is 16.5 Å². The molecule has 4 aromatic carbocycles. The van der Waals surface area contributed by atoms with E-state index in [1.54, 1.807) is 78.9 Å². The number of rotatable bonds is 9. The Labute approximate surface area is 219 Å². The quantitative estimate of drug-likeness (QED) is 0.163. The van der Waals surface area contributed by atoms with Gasteiger partial charge >= 0.3 is 5.97 Å². The zero-order valence-electron chi connectivity index (χ0n) is 20.2. The van der Waals surface area contributed by atoms with Gasteiger partial charge in [-0.15, -0.1) is 0 Å². The van der Waals surface area contributed by atoms with E-state index < -0.39 is 32.3 Å². The monoisotopic (exact) mass is 530 g/mol. The van der Waals surface area contributed by atoms with Gasteiger partial charge in [0.05, 0.1) is 5.75 Å². The summed E-state index contributed by atoms with van der Waals surface area (Å²) in [6.45, 7) is 0.189. The normalized spacial score (nSPS) is 13.0. The number of nitrogens with two attached hydrogens (primary N) is 2. The maximum atomic E-state index is 13.4. The molecule has 194 valence electrons. The molecule has 0 bridgehead atoms. The Bertz CT molecular complexity index is 1640. The van der Waals surface area contributed by atoms with E-state index in [4.69, 9.17) is 16.9 Å². The smallest absolute Gasteiger partial charge is 0.344 e. The fourth-order valence-corrected chi connectivity index (χ4v) is 5.87. The van der Waals surface area contributed by atoms with Crippen molar-refractivity contribution in [3.63, 3.8) is 0 Å². The summed E-state index contributed by atoms with van der Waals surface area (Å²) in [5.74, 6) is -2.79. The van der Waals surface area contributed by atoms with Crippen molar-refractivity contribution < 1.29 is 23.1 Å². The first-order valence-corrected chi connectivity index (χ1v) is 13.2. The van der Waals surface area contributed by atoms with Gasteiger partial charge in [-0.2, -0.15) is 0 Å². The standard InChI is InChI=1S/C28H26N4O5S/c29-25(30)20-14-12-18(13-15-20)16-32-26(33)23-10-4-9-22-21(23)8-5-11-24(22)28(31,27(34)35)38(36,37)17-19-6-2-1-3-7-19/h1-15H,16-17,31H2,(H3,29,30)(H,32,33)(H,34,35). The maximum absolute atomic E-state index is 13.4. The molecule has 0 aromatic heterocycles. The second-order valence-corrected chi connectivity index (χ2v) is 10.9. The predicted octanol–water partition coefficient (Wildman–Crippen LogP) is 2.86. The maximum Gasteiger partial charge on any atom is 0.344 e. The number of carboxylic acid groups (broad SMARTS) is 1. The summed E-state index contributed by atoms with van der Waals surface area (Å²) in [4.78, 5) is 22.8. The summed E-state index contributed by atoms with van der Waals surface area (Å²) in [5, 5.41) is 21.0. The molecule has 4 rings (SSSR count). The van der Waals surface area contributed by atoms with E-state index in [1.807, 2.05) is 0 Å². The molecule has 0 aliphatic rings. The van der Waals surface area contributed by atoms with Crippen molar-refractivity contribution in [3.8, 4) is 0 Å². The summed E-state index contributed by atoms with van der Waals surface area (Å²) < 4.78 is 26.9. The first kappa shape index (κ1) is 26.5. The fourth-order valence-electron chi connectivity index (χ4n) is 4.23. The summed E-state index contributed by atoms with van der Waals surface area (Å²) >= 11 is 0. The highest BCUT2D eigenvalue weighted by Gasteiger charge is 2.50. The highest BCUT2D eigenvalue weighted by atomic mass is 32.2. The number of carbonyl (C=O) groups is 2. The largest absolute Gasteiger partial charge is 0.479 e. The van der Waals surface area contributed by atoms with E-state index in [-0.39, 0.29) is 28.9 Å². The van der Waals surface area contributed by atoms with Crippen LogP contribution in [0.5, 0.6) is 0 Å². The van der Waals surface area contributed by atoms with Gasteiger partial charge in [-0.1, -0.05) is 84.9 Å². The number of nitrogens with one attached hydrogen (secondary N) is 2. The predicted molar refractivity (Wildman–Crippen MR) is 145 cm³/mol. The van der Waals surface area contributed by atoms with Crippen LogP contribution in [0.15, 0.2) is 91.0 Å². The molecule has 9 nitrogen and oxygen atoms in total. The third-order valence-electron chi connectivity index (χ3n) is 6.29. The molecule has 7 N–H and O–H groups in total. The van der Waals surface area contributed by atoms with Crippen LogP contribution in [0.4, 0.5) is 0 Å². The van der Waals surface area contributed by atoms with E-state index in [2.05, 4.69) is 5.32 Å². The van der Waals surface area contributed by atoms with Crippen LogP contribution in [0.3, 0.4) is 0 Å². The molecule has 10 heteroatoms. The van der Waals surface area contributed by atoms with Crippen molar-refractivity contribution >= 4 is 38.3 Å². The van der Waals surface area contributed by atoms with Crippen LogP contribution in [-0.2, 0) is 31.8 Å². The Hall–Kier alpha value is -4.54. The van der Waals surface area contributed by atoms with Crippen molar-refractivity contribution in [1.29, 1.82) is 5.41 Å². The molecule has 1 atom stereocenters. The molecule has 0 spiro atoms. The summed E-state index contributed by atoms with van der Waals surface area (Å²) in [5.41, 5.74) is 13.6. The lowest BCUT2D eigenvalue weighted by Crippen LogP contribution is -2.52. The number of nitrogen functional groups attached to an aromatic ring is 1. The Kier molecular flexibility index (Phi) is 7.29. The molecule has 1 unspecified atom stereocenters. The number of benzene rings is 4. The molecule has 0 aliphatic carbocycles. The van der Waals surface area contributed by atoms with Crippen molar-refractivity contribution in [2.45, 2.75) is 17.2 Å². The summed E-state index contributed by atoms with van der Waals surface area (Å²) in [6, 6.07) is 24.2. The number of hydrogen-bond acceptors (Lipinski definition) is 6. The van der Waals surface area contributed by atoms with Crippen LogP contribution in [0.25, 0.3) is 10.8 Å². The van der Waals surface area contributed by atoms with Crippen molar-refractivity contribution in [2.24, 2.45) is 11.5 Å². The third kappa shape index (κ3) is 4.99. The van der Waals surface area contributed by atoms with E-state index in [0.717, 1.165) is 5.56 Å². The number of amidine groups is 1. The van der Waals surface area contributed by atoms with E-state index in [1.165, 1.54) is 12.1 Å². The zero-order chi connectivity index (χ0) is 27.5. The average Bonchev–Trinajstić information content (AvgIpc) is 2.90. The Morgan fingerprint density at radius 2 is 1.47 bits per heavy atom. The van der Waals surface area contributed by atoms with Crippen LogP contribution in [0.1, 0.15) is 32.6 Å². The summed E-state index contributed by atoms with van der Waals surface area (Å²) in [6.07, 6.45) is 0. The van der Waals surface area contributed by atoms with E-state index in [9.17, 15) is 23.1 Å². The molecule has 0 radical (unpaired) electrons. The van der Waals surface area contributed by atoms with Crippen LogP contribution in [0, 0.1) is 5.41 Å². The number of carbonyl (C=O) groups excluding carboxylic acids is 1. The van der Waals surface area contributed by atoms with Gasteiger partial charge in [-0.25, -0.2) is 13.2 Å². The van der Waals surface area contributed by atoms with Crippen LogP contribution >= 0.6 is 0 Å². The van der Waals surface area contributed by atoms with Gasteiger partial charge in [0.1, 0.15) is 5.84 Å². The van der Waals surface area contributed by atoms with Gasteiger partial charge in [0.15, 0.2) is 9.84 Å². The molecule has 38 heavy (non-hydrogen) atoms. The van der Waals surface area contributed by atoms with Gasteiger partial charge in [0.2, 0.25) is 4.87 Å². The number of carboxylic acids is 1. The first-order chi connectivity index (χ1) is 18.0. The summed E-state index contributed by atoms with van der Waals surface area (Å²) in [7, 11) is -4.45. The van der Waals surface area contributed by atoms with Gasteiger partial charge in [-0.05, 0) is 28.0 Å². The number of hydrogen-bond donors (Lipinski definition) is 5. The Balaban J connectivity index is 1.70. The highest BCUT2D eigenvalue weighted by molar-refractivity contribution is 7.92. The number of aliphatic carboxylic acids is 1. The molecule has 1 amide bonds. The minimum absolute atomic E-state index is 0.0599. The van der Waals surface area contributed by atoms with E-state index >= 15 is 0 Å². The van der Waals surface area contributed by atoms with Gasteiger partial charge in [0, 0.05) is 23.2 Å². The van der Waals surface area contributed by atoms with Gasteiger partial charge in [-0.3, -0.25) is 15.9 Å². The number of sulfone groups is 1. The second-order valence-electron chi connectivity index (χ2n) is 8.79. The van der Waals surface area contributed by atoms with Crippen molar-refractivity contribution in [3.05, 3.63) is 119 Å². The molecule has 0 saturated heterocycles. The van der Waals surface area contributed by atoms with Crippen LogP contribution in [-0.4, -0.2) is 31.2 Å². The first-order valence-electron chi connectivity index (χ1n) is 11.6. The molecular formula is C28H26N4O5S. The number of fused-ring (bicyclic) bond motifs is 1. The van der Waals surface area contributed by atoms with Gasteiger partial charge in [0.25, 0.3) is 5.91 Å². The fraction of sp³-hybridized carbons (Fsp3) is 0.107. The van der Waals surface area contributed by atoms with Crippen LogP contribution in [0.2, 0.25) is 0 Å². The molecule has 0 aliphatic heterocycles. The Morgan fingerprint density at radius 3 is 2.11 bits per heavy atom. The Morgan fingerprint density at radius 1 is 0.842 bits per heavy atom. The zero-order valence-corrected chi connectivity index (χ0v) is 21.0. The molecule has 0 heterocycles. The minimum Gasteiger partial charge on any atom is -0.479 e. The molecule has 0 fully saturated rings. The third-order valence-corrected chi connectivity index (χ3v) is 8.38. The lowest BCUT2D eigenvalue weighted by Gasteiger charge is -2.27. The topological polar surface area (TPSA) is 176 Å². The van der Waals surface area contributed by atoms with Crippen LogP contribution < -0.4 is 16.8 Å². The van der Waals surface area contributed by atoms with Crippen molar-refractivity contribution in [1.82, 2.24) is 5.32 Å². The minimum atomic E-state index is -4.45. The SMILES string of the molecule is N=C(N)c1ccc(CNC(=O)c2cccc3c(C(N)(C(=O)O)S(=O)(=O)Cc4ccccc4)cccc23)cc1. The molecule has 0 saturated carbocycles. The van der Waals surface area contributed by atoms with Crippen molar-refractivity contribution in [2.75, 3.05) is 0 Å². The average molecular weight is 531 g/mol. The lowest BCUT2D eigenvalue weighted by molar-refractivity contribution is -0.140.